The average Bonchev–Trinajstić information content (AvgIpc) is 2.01. The highest BCUT2D eigenvalue weighted by Crippen LogP contribution is 2.19. The first-order chi connectivity index (χ1) is 5.99. The second-order valence-electron chi connectivity index (χ2n) is 3.46. The SMILES string of the molecule is C[Si](C)(Cl)C=Cc1ccccc1O. The van der Waals surface area contributed by atoms with Crippen LogP contribution in [-0.4, -0.2) is 12.5 Å². The summed E-state index contributed by atoms with van der Waals surface area (Å²) in [7, 11) is -1.68. The molecule has 0 aliphatic heterocycles. The second-order valence-corrected chi connectivity index (χ2v) is 9.84. The Balaban J connectivity index is 2.86. The van der Waals surface area contributed by atoms with Crippen molar-refractivity contribution in [2.75, 3.05) is 0 Å². The number of phenolic OH excluding ortho intramolecular Hbond substituents is 1. The zero-order chi connectivity index (χ0) is 9.90. The number of aromatic hydroxyl groups is 1. The number of phenols is 1. The van der Waals surface area contributed by atoms with Crippen molar-refractivity contribution in [3.05, 3.63) is 35.5 Å². The molecule has 0 atom stereocenters. The van der Waals surface area contributed by atoms with Crippen LogP contribution in [0.1, 0.15) is 5.56 Å². The fourth-order valence-corrected chi connectivity index (χ4v) is 1.68. The quantitative estimate of drug-likeness (QED) is 0.589. The normalized spacial score (nSPS) is 12.2. The van der Waals surface area contributed by atoms with Gasteiger partial charge in [0.05, 0.1) is 0 Å². The lowest BCUT2D eigenvalue weighted by atomic mass is 10.2. The van der Waals surface area contributed by atoms with Crippen LogP contribution in [0.15, 0.2) is 30.0 Å². The lowest BCUT2D eigenvalue weighted by Crippen LogP contribution is -2.11. The molecular formula is C10H13ClOSi. The van der Waals surface area contributed by atoms with Gasteiger partial charge in [0, 0.05) is 5.56 Å². The maximum atomic E-state index is 9.43. The second kappa shape index (κ2) is 3.98. The molecule has 0 spiro atoms. The van der Waals surface area contributed by atoms with Gasteiger partial charge in [-0.1, -0.05) is 43.1 Å². The van der Waals surface area contributed by atoms with Gasteiger partial charge in [0.2, 0.25) is 0 Å². The molecule has 0 aromatic heterocycles. The summed E-state index contributed by atoms with van der Waals surface area (Å²) in [6.45, 7) is 4.07. The maximum absolute atomic E-state index is 9.43. The fraction of sp³-hybridized carbons (Fsp3) is 0.200. The van der Waals surface area contributed by atoms with E-state index in [0.29, 0.717) is 5.75 Å². The van der Waals surface area contributed by atoms with Crippen molar-refractivity contribution in [2.45, 2.75) is 13.1 Å². The Kier molecular flexibility index (Phi) is 3.17. The highest BCUT2D eigenvalue weighted by Gasteiger charge is 2.11. The molecule has 0 saturated heterocycles. The molecule has 0 bridgehead atoms. The van der Waals surface area contributed by atoms with Crippen molar-refractivity contribution in [2.24, 2.45) is 0 Å². The van der Waals surface area contributed by atoms with Gasteiger partial charge in [0.25, 0.3) is 0 Å². The van der Waals surface area contributed by atoms with Crippen molar-refractivity contribution in [1.82, 2.24) is 0 Å². The first-order valence-corrected chi connectivity index (χ1v) is 8.24. The number of para-hydroxylation sites is 1. The predicted octanol–water partition coefficient (Wildman–Crippen LogP) is 3.39. The molecule has 0 heterocycles. The number of hydrogen-bond donors (Lipinski definition) is 1. The van der Waals surface area contributed by atoms with Gasteiger partial charge in [-0.15, -0.1) is 0 Å². The van der Waals surface area contributed by atoms with Gasteiger partial charge < -0.3 is 5.11 Å². The van der Waals surface area contributed by atoms with Crippen molar-refractivity contribution in [3.63, 3.8) is 0 Å². The molecule has 0 amide bonds. The van der Waals surface area contributed by atoms with E-state index in [1.54, 1.807) is 12.1 Å². The summed E-state index contributed by atoms with van der Waals surface area (Å²) >= 11 is 6.11. The molecule has 1 N–H and O–H groups in total. The predicted molar refractivity (Wildman–Crippen MR) is 60.5 cm³/mol. The Morgan fingerprint density at radius 3 is 2.46 bits per heavy atom. The monoisotopic (exact) mass is 212 g/mol. The third-order valence-electron chi connectivity index (χ3n) is 1.60. The van der Waals surface area contributed by atoms with Crippen LogP contribution in [0.25, 0.3) is 6.08 Å². The van der Waals surface area contributed by atoms with E-state index in [4.69, 9.17) is 11.1 Å². The molecule has 70 valence electrons. The van der Waals surface area contributed by atoms with Crippen LogP contribution in [0.2, 0.25) is 13.1 Å². The molecule has 0 radical (unpaired) electrons. The van der Waals surface area contributed by atoms with E-state index < -0.39 is 7.38 Å². The van der Waals surface area contributed by atoms with Gasteiger partial charge in [-0.3, -0.25) is 0 Å². The zero-order valence-electron chi connectivity index (χ0n) is 7.79. The van der Waals surface area contributed by atoms with Crippen molar-refractivity contribution < 1.29 is 5.11 Å². The fourth-order valence-electron chi connectivity index (χ4n) is 0.916. The number of benzene rings is 1. The van der Waals surface area contributed by atoms with Crippen LogP contribution in [0.3, 0.4) is 0 Å². The molecule has 13 heavy (non-hydrogen) atoms. The van der Waals surface area contributed by atoms with Gasteiger partial charge >= 0.3 is 0 Å². The molecule has 1 aromatic rings. The summed E-state index contributed by atoms with van der Waals surface area (Å²) in [5, 5.41) is 9.43. The number of halogens is 1. The van der Waals surface area contributed by atoms with E-state index in [1.807, 2.05) is 37.0 Å². The molecular weight excluding hydrogens is 200 g/mol. The molecule has 1 nitrogen and oxygen atoms in total. The smallest absolute Gasteiger partial charge is 0.173 e. The highest BCUT2D eigenvalue weighted by molar-refractivity contribution is 7.22. The van der Waals surface area contributed by atoms with E-state index in [2.05, 4.69) is 0 Å². The Bertz CT molecular complexity index is 315. The number of rotatable bonds is 2. The lowest BCUT2D eigenvalue weighted by Gasteiger charge is -2.05. The lowest BCUT2D eigenvalue weighted by molar-refractivity contribution is 0.474. The Morgan fingerprint density at radius 1 is 1.31 bits per heavy atom. The van der Waals surface area contributed by atoms with Gasteiger partial charge in [-0.2, -0.15) is 11.1 Å². The van der Waals surface area contributed by atoms with E-state index in [0.717, 1.165) is 5.56 Å². The Hall–Kier alpha value is -0.733. The first-order valence-electron chi connectivity index (χ1n) is 4.15. The van der Waals surface area contributed by atoms with E-state index in [1.165, 1.54) is 0 Å². The third-order valence-corrected chi connectivity index (χ3v) is 2.93. The minimum Gasteiger partial charge on any atom is -0.507 e. The van der Waals surface area contributed by atoms with Crippen molar-refractivity contribution >= 4 is 24.5 Å². The van der Waals surface area contributed by atoms with Crippen molar-refractivity contribution in [3.8, 4) is 5.75 Å². The summed E-state index contributed by atoms with van der Waals surface area (Å²) in [4.78, 5) is 0. The molecule has 0 aliphatic carbocycles. The average molecular weight is 213 g/mol. The molecule has 0 saturated carbocycles. The minimum atomic E-state index is -1.68. The topological polar surface area (TPSA) is 20.2 Å². The molecule has 1 aromatic carbocycles. The van der Waals surface area contributed by atoms with Gasteiger partial charge in [-0.05, 0) is 6.07 Å². The summed E-state index contributed by atoms with van der Waals surface area (Å²) < 4.78 is 0. The third kappa shape index (κ3) is 3.66. The van der Waals surface area contributed by atoms with E-state index in [9.17, 15) is 5.11 Å². The molecule has 0 aliphatic rings. The van der Waals surface area contributed by atoms with Gasteiger partial charge in [-0.25, -0.2) is 0 Å². The van der Waals surface area contributed by atoms with Crippen LogP contribution < -0.4 is 0 Å². The van der Waals surface area contributed by atoms with Crippen LogP contribution in [0, 0.1) is 0 Å². The summed E-state index contributed by atoms with van der Waals surface area (Å²) in [5.74, 6) is 0.300. The van der Waals surface area contributed by atoms with E-state index in [-0.39, 0.29) is 0 Å². The van der Waals surface area contributed by atoms with E-state index >= 15 is 0 Å². The Morgan fingerprint density at radius 2 is 1.92 bits per heavy atom. The highest BCUT2D eigenvalue weighted by atomic mass is 35.6. The van der Waals surface area contributed by atoms with Gasteiger partial charge in [0.1, 0.15) is 5.75 Å². The van der Waals surface area contributed by atoms with Crippen LogP contribution >= 0.6 is 11.1 Å². The standard InChI is InChI=1S/C10H13ClOSi/c1-13(2,11)8-7-9-5-3-4-6-10(9)12/h3-8,12H,1-2H3. The van der Waals surface area contributed by atoms with Crippen LogP contribution in [-0.2, 0) is 0 Å². The minimum absolute atomic E-state index is 0.300. The van der Waals surface area contributed by atoms with Crippen LogP contribution in [0.5, 0.6) is 5.75 Å². The first kappa shape index (κ1) is 10.3. The van der Waals surface area contributed by atoms with Gasteiger partial charge in [0.15, 0.2) is 7.38 Å². The molecule has 0 fully saturated rings. The van der Waals surface area contributed by atoms with Crippen molar-refractivity contribution in [1.29, 1.82) is 0 Å². The number of hydrogen-bond acceptors (Lipinski definition) is 1. The summed E-state index contributed by atoms with van der Waals surface area (Å²) in [5.41, 5.74) is 2.81. The van der Waals surface area contributed by atoms with Crippen LogP contribution in [0.4, 0.5) is 0 Å². The summed E-state index contributed by atoms with van der Waals surface area (Å²) in [6, 6.07) is 7.23. The Labute approximate surface area is 84.4 Å². The maximum Gasteiger partial charge on any atom is 0.173 e. The summed E-state index contributed by atoms with van der Waals surface area (Å²) in [6.07, 6.45) is 1.88. The largest absolute Gasteiger partial charge is 0.507 e. The molecule has 1 rings (SSSR count). The molecule has 0 unspecified atom stereocenters. The zero-order valence-corrected chi connectivity index (χ0v) is 9.55. The molecule has 3 heteroatoms.